The van der Waals surface area contributed by atoms with Gasteiger partial charge in [-0.15, -0.1) is 0 Å². The van der Waals surface area contributed by atoms with E-state index in [4.69, 9.17) is 21.5 Å². The van der Waals surface area contributed by atoms with Crippen LogP contribution in [0.3, 0.4) is 0 Å². The Hall–Kier alpha value is -5.53. The number of pyridine rings is 2. The molecule has 3 heterocycles. The molecule has 1 aliphatic rings. The standard InChI is InChI=1S/C34H29ClFN7O4/c1-47-31-6-4-20(13-30(31)44)27-19-41-34(26(16-38)33(27)21-2-3-22(15-37)29(36)12-21)43-10-8-24(9-11-43)39-17-23-18-40-25(14-28(23)35)5-7-32(45)42-46/h2-7,12-14,18-19,24,39,44,46H,8-11,17H2,1H3,(H,42,45)/b7-5+. The number of phenols is 1. The van der Waals surface area contributed by atoms with Crippen LogP contribution in [0.15, 0.2) is 60.9 Å². The number of rotatable bonds is 9. The number of amides is 1. The number of benzene rings is 2. The highest BCUT2D eigenvalue weighted by molar-refractivity contribution is 6.31. The molecule has 0 spiro atoms. The summed E-state index contributed by atoms with van der Waals surface area (Å²) in [6.45, 7) is 1.65. The number of nitriles is 2. The maximum Gasteiger partial charge on any atom is 0.267 e. The van der Waals surface area contributed by atoms with Crippen LogP contribution < -0.4 is 20.4 Å². The van der Waals surface area contributed by atoms with Gasteiger partial charge in [-0.25, -0.2) is 14.9 Å². The van der Waals surface area contributed by atoms with Gasteiger partial charge in [0.15, 0.2) is 11.5 Å². The van der Waals surface area contributed by atoms with Gasteiger partial charge in [0.2, 0.25) is 0 Å². The molecule has 0 unspecified atom stereocenters. The average Bonchev–Trinajstić information content (AvgIpc) is 3.09. The Balaban J connectivity index is 1.37. The number of halogens is 2. The molecule has 0 atom stereocenters. The van der Waals surface area contributed by atoms with Gasteiger partial charge < -0.3 is 20.1 Å². The van der Waals surface area contributed by atoms with Gasteiger partial charge in [-0.05, 0) is 60.4 Å². The Morgan fingerprint density at radius 2 is 1.89 bits per heavy atom. The lowest BCUT2D eigenvalue weighted by atomic mass is 9.91. The number of carbonyl (C=O) groups is 1. The molecular formula is C34H29ClFN7O4. The van der Waals surface area contributed by atoms with Gasteiger partial charge in [-0.2, -0.15) is 10.5 Å². The Bertz CT molecular complexity index is 1930. The van der Waals surface area contributed by atoms with E-state index < -0.39 is 11.7 Å². The van der Waals surface area contributed by atoms with E-state index in [2.05, 4.69) is 21.4 Å². The monoisotopic (exact) mass is 653 g/mol. The predicted molar refractivity (Wildman–Crippen MR) is 173 cm³/mol. The minimum Gasteiger partial charge on any atom is -0.504 e. The third-order valence-corrected chi connectivity index (χ3v) is 8.23. The number of piperidine rings is 1. The molecule has 1 amide bonds. The average molecular weight is 654 g/mol. The third-order valence-electron chi connectivity index (χ3n) is 7.88. The fraction of sp³-hybridized carbons (Fsp3) is 0.206. The number of hydrogen-bond acceptors (Lipinski definition) is 10. The minimum atomic E-state index is -0.710. The van der Waals surface area contributed by atoms with Gasteiger partial charge in [-0.1, -0.05) is 23.7 Å². The van der Waals surface area contributed by atoms with Crippen molar-refractivity contribution in [2.45, 2.75) is 25.4 Å². The number of hydrogen-bond donors (Lipinski definition) is 4. The van der Waals surface area contributed by atoms with Crippen molar-refractivity contribution >= 4 is 29.4 Å². The summed E-state index contributed by atoms with van der Waals surface area (Å²) in [5.41, 5.74) is 4.78. The van der Waals surface area contributed by atoms with Crippen molar-refractivity contribution < 1.29 is 24.2 Å². The number of aromatic hydroxyl groups is 1. The van der Waals surface area contributed by atoms with E-state index in [1.165, 1.54) is 36.9 Å². The summed E-state index contributed by atoms with van der Waals surface area (Å²) in [7, 11) is 1.44. The zero-order valence-electron chi connectivity index (χ0n) is 25.2. The third kappa shape index (κ3) is 7.32. The topological polar surface area (TPSA) is 167 Å². The molecule has 0 aliphatic carbocycles. The van der Waals surface area contributed by atoms with E-state index in [9.17, 15) is 24.8 Å². The summed E-state index contributed by atoms with van der Waals surface area (Å²) in [5.74, 6) is -0.754. The molecule has 0 saturated carbocycles. The van der Waals surface area contributed by atoms with Crippen LogP contribution >= 0.6 is 11.6 Å². The van der Waals surface area contributed by atoms with Crippen LogP contribution in [0.25, 0.3) is 28.3 Å². The van der Waals surface area contributed by atoms with Crippen LogP contribution in [-0.4, -0.2) is 52.4 Å². The number of ether oxygens (including phenoxy) is 1. The summed E-state index contributed by atoms with van der Waals surface area (Å²) in [6, 6.07) is 14.9. The van der Waals surface area contributed by atoms with Crippen LogP contribution in [0.1, 0.15) is 35.2 Å². The van der Waals surface area contributed by atoms with E-state index in [0.717, 1.165) is 24.5 Å². The lowest BCUT2D eigenvalue weighted by Crippen LogP contribution is -2.43. The number of aromatic nitrogens is 2. The Morgan fingerprint density at radius 3 is 2.53 bits per heavy atom. The fourth-order valence-electron chi connectivity index (χ4n) is 5.43. The quantitative estimate of drug-likeness (QED) is 0.105. The molecule has 1 fully saturated rings. The van der Waals surface area contributed by atoms with Gasteiger partial charge in [0.25, 0.3) is 5.91 Å². The van der Waals surface area contributed by atoms with Crippen molar-refractivity contribution in [3.63, 3.8) is 0 Å². The molecule has 0 bridgehead atoms. The van der Waals surface area contributed by atoms with Crippen LogP contribution in [0.2, 0.25) is 5.02 Å². The second-order valence-corrected chi connectivity index (χ2v) is 11.1. The first-order chi connectivity index (χ1) is 22.8. The number of nitrogens with zero attached hydrogens (tertiary/aromatic N) is 5. The summed E-state index contributed by atoms with van der Waals surface area (Å²) < 4.78 is 20.0. The Kier molecular flexibility index (Phi) is 10.3. The number of methoxy groups -OCH3 is 1. The fourth-order valence-corrected chi connectivity index (χ4v) is 5.66. The highest BCUT2D eigenvalue weighted by Gasteiger charge is 2.26. The second-order valence-electron chi connectivity index (χ2n) is 10.7. The maximum absolute atomic E-state index is 14.9. The molecule has 4 N–H and O–H groups in total. The first-order valence-electron chi connectivity index (χ1n) is 14.5. The summed E-state index contributed by atoms with van der Waals surface area (Å²) in [5, 5.41) is 42.8. The van der Waals surface area contributed by atoms with Crippen LogP contribution in [0.5, 0.6) is 11.5 Å². The lowest BCUT2D eigenvalue weighted by Gasteiger charge is -2.34. The highest BCUT2D eigenvalue weighted by Crippen LogP contribution is 2.41. The summed E-state index contributed by atoms with van der Waals surface area (Å²) in [6.07, 6.45) is 7.29. The van der Waals surface area contributed by atoms with Crippen molar-refractivity contribution in [3.8, 4) is 45.9 Å². The molecule has 5 rings (SSSR count). The predicted octanol–water partition coefficient (Wildman–Crippen LogP) is 5.34. The normalized spacial score (nSPS) is 13.3. The zero-order valence-corrected chi connectivity index (χ0v) is 25.9. The van der Waals surface area contributed by atoms with Gasteiger partial charge >= 0.3 is 0 Å². The molecular weight excluding hydrogens is 625 g/mol. The van der Waals surface area contributed by atoms with Crippen molar-refractivity contribution in [1.29, 1.82) is 10.5 Å². The summed E-state index contributed by atoms with van der Waals surface area (Å²) in [4.78, 5) is 22.2. The van der Waals surface area contributed by atoms with Crippen LogP contribution in [0.4, 0.5) is 10.2 Å². The number of anilines is 1. The first kappa shape index (κ1) is 32.9. The molecule has 13 heteroatoms. The zero-order chi connectivity index (χ0) is 33.5. The molecule has 47 heavy (non-hydrogen) atoms. The first-order valence-corrected chi connectivity index (χ1v) is 14.9. The van der Waals surface area contributed by atoms with Crippen molar-refractivity contribution in [2.24, 2.45) is 0 Å². The van der Waals surface area contributed by atoms with Gasteiger partial charge in [0, 0.05) is 65.9 Å². The molecule has 0 radical (unpaired) electrons. The molecule has 2 aromatic heterocycles. The van der Waals surface area contributed by atoms with E-state index >= 15 is 0 Å². The van der Waals surface area contributed by atoms with Gasteiger partial charge in [-0.3, -0.25) is 15.0 Å². The molecule has 238 valence electrons. The van der Waals surface area contributed by atoms with E-state index in [1.807, 2.05) is 11.0 Å². The van der Waals surface area contributed by atoms with E-state index in [1.54, 1.807) is 36.7 Å². The SMILES string of the molecule is COc1ccc(-c2cnc(N3CCC(NCc4cnc(/C=C/C(=O)NO)cc4Cl)CC3)c(C#N)c2-c2ccc(C#N)c(F)c2)cc1O. The van der Waals surface area contributed by atoms with Gasteiger partial charge in [0.05, 0.1) is 18.4 Å². The largest absolute Gasteiger partial charge is 0.504 e. The van der Waals surface area contributed by atoms with E-state index in [0.29, 0.717) is 58.4 Å². The molecule has 2 aromatic carbocycles. The number of nitrogens with one attached hydrogen (secondary N) is 2. The molecule has 11 nitrogen and oxygen atoms in total. The Morgan fingerprint density at radius 1 is 1.13 bits per heavy atom. The van der Waals surface area contributed by atoms with Crippen molar-refractivity contribution in [2.75, 3.05) is 25.1 Å². The number of phenolic OH excluding ortho intramolecular Hbond substituents is 1. The number of carbonyl (C=O) groups excluding carboxylic acids is 1. The molecule has 4 aromatic rings. The highest BCUT2D eigenvalue weighted by atomic mass is 35.5. The minimum absolute atomic E-state index is 0.101. The van der Waals surface area contributed by atoms with Crippen LogP contribution in [0, 0.1) is 28.5 Å². The van der Waals surface area contributed by atoms with Crippen LogP contribution in [-0.2, 0) is 11.3 Å². The smallest absolute Gasteiger partial charge is 0.267 e. The van der Waals surface area contributed by atoms with Crippen molar-refractivity contribution in [3.05, 3.63) is 94.2 Å². The Labute approximate surface area is 275 Å². The van der Waals surface area contributed by atoms with Gasteiger partial charge in [0.1, 0.15) is 29.3 Å². The second kappa shape index (κ2) is 14.7. The summed E-state index contributed by atoms with van der Waals surface area (Å²) >= 11 is 6.44. The van der Waals surface area contributed by atoms with Crippen molar-refractivity contribution in [1.82, 2.24) is 20.8 Å². The van der Waals surface area contributed by atoms with E-state index in [-0.39, 0.29) is 28.7 Å². The number of hydroxylamine groups is 1. The molecule has 1 aliphatic heterocycles. The lowest BCUT2D eigenvalue weighted by molar-refractivity contribution is -0.124. The molecule has 1 saturated heterocycles. The maximum atomic E-state index is 14.9.